The average Bonchev–Trinajstić information content (AvgIpc) is 3.36. The second-order valence-electron chi connectivity index (χ2n) is 8.76. The predicted molar refractivity (Wildman–Crippen MR) is 133 cm³/mol. The summed E-state index contributed by atoms with van der Waals surface area (Å²) in [6.45, 7) is 14.6. The maximum absolute atomic E-state index is 15.2. The summed E-state index contributed by atoms with van der Waals surface area (Å²) in [5.74, 6) is -15.6. The van der Waals surface area contributed by atoms with E-state index in [1.807, 2.05) is 37.5 Å². The number of hydrogen-bond donors (Lipinski definition) is 0. The second kappa shape index (κ2) is 10.2. The van der Waals surface area contributed by atoms with Gasteiger partial charge in [0.2, 0.25) is 0 Å². The molecule has 2 nitrogen and oxygen atoms in total. The Kier molecular flexibility index (Phi) is 8.21. The van der Waals surface area contributed by atoms with Crippen LogP contribution in [0, 0.1) is 13.8 Å². The maximum atomic E-state index is 15.2. The molecule has 0 atom stereocenters. The molecule has 0 amide bonds. The van der Waals surface area contributed by atoms with E-state index < -0.39 is 28.9 Å². The Hall–Kier alpha value is -1.36. The molecule has 0 fully saturated rings. The van der Waals surface area contributed by atoms with Crippen LogP contribution < -0.4 is 0 Å². The van der Waals surface area contributed by atoms with Crippen molar-refractivity contribution in [3.63, 3.8) is 0 Å². The van der Waals surface area contributed by atoms with E-state index in [0.29, 0.717) is 58.8 Å². The van der Waals surface area contributed by atoms with Gasteiger partial charge in [0.1, 0.15) is 0 Å². The Morgan fingerprint density at radius 3 is 1.23 bits per heavy atom. The highest BCUT2D eigenvalue weighted by atomic mass is 32.1. The summed E-state index contributed by atoms with van der Waals surface area (Å²) in [4.78, 5) is 6.08. The van der Waals surface area contributed by atoms with Gasteiger partial charge in [-0.25, -0.2) is 0 Å². The van der Waals surface area contributed by atoms with Crippen LogP contribution in [0.4, 0.5) is 26.3 Å². The van der Waals surface area contributed by atoms with Gasteiger partial charge in [0, 0.05) is 43.7 Å². The van der Waals surface area contributed by atoms with Gasteiger partial charge in [-0.05, 0) is 63.3 Å². The first-order valence-electron chi connectivity index (χ1n) is 11.8. The second-order valence-corrected chi connectivity index (χ2v) is 11.4. The van der Waals surface area contributed by atoms with Gasteiger partial charge in [0.05, 0.1) is 0 Å². The molecule has 0 radical (unpaired) electrons. The molecule has 196 valence electrons. The zero-order valence-corrected chi connectivity index (χ0v) is 22.5. The van der Waals surface area contributed by atoms with Crippen LogP contribution in [0.2, 0.25) is 0 Å². The van der Waals surface area contributed by atoms with Crippen LogP contribution in [0.25, 0.3) is 11.1 Å². The SMILES string of the molecule is CCN(CC)Cc1cc(C2=C(c3cc(CN(CC)CC)sc3C)C(F)(F)C(F)(F)C2(F)F)c(C)s1. The molecule has 0 aliphatic heterocycles. The molecule has 0 N–H and O–H groups in total. The Labute approximate surface area is 211 Å². The molecule has 1 aliphatic carbocycles. The van der Waals surface area contributed by atoms with E-state index >= 15 is 17.6 Å². The van der Waals surface area contributed by atoms with Gasteiger partial charge in [-0.1, -0.05) is 27.7 Å². The highest BCUT2D eigenvalue weighted by Crippen LogP contribution is 2.65. The molecule has 2 heterocycles. The third-order valence-electron chi connectivity index (χ3n) is 6.69. The minimum absolute atomic E-state index is 0.218. The third kappa shape index (κ3) is 4.71. The number of rotatable bonds is 10. The molecular weight excluding hydrogens is 506 g/mol. The third-order valence-corrected chi connectivity index (χ3v) is 8.76. The van der Waals surface area contributed by atoms with Crippen molar-refractivity contribution in [3.05, 3.63) is 42.8 Å². The average molecular weight is 539 g/mol. The molecular formula is C25H32F6N2S2. The summed E-state index contributed by atoms with van der Waals surface area (Å²) in [5, 5.41) is 0. The lowest BCUT2D eigenvalue weighted by molar-refractivity contribution is -0.254. The van der Waals surface area contributed by atoms with Crippen LogP contribution >= 0.6 is 22.7 Å². The monoisotopic (exact) mass is 538 g/mol. The van der Waals surface area contributed by atoms with Gasteiger partial charge < -0.3 is 0 Å². The number of hydrogen-bond acceptors (Lipinski definition) is 4. The minimum Gasteiger partial charge on any atom is -0.299 e. The van der Waals surface area contributed by atoms with Crippen molar-refractivity contribution >= 4 is 33.8 Å². The van der Waals surface area contributed by atoms with E-state index in [1.54, 1.807) is 0 Å². The van der Waals surface area contributed by atoms with Crippen LogP contribution in [-0.2, 0) is 13.1 Å². The fraction of sp³-hybridized carbons (Fsp3) is 0.600. The van der Waals surface area contributed by atoms with Crippen molar-refractivity contribution in [1.82, 2.24) is 9.80 Å². The van der Waals surface area contributed by atoms with Crippen LogP contribution in [0.1, 0.15) is 58.3 Å². The van der Waals surface area contributed by atoms with Gasteiger partial charge in [0.25, 0.3) is 0 Å². The maximum Gasteiger partial charge on any atom is 0.380 e. The fourth-order valence-corrected chi connectivity index (χ4v) is 6.68. The Bertz CT molecular complexity index is 996. The lowest BCUT2D eigenvalue weighted by atomic mass is 9.95. The van der Waals surface area contributed by atoms with E-state index in [4.69, 9.17) is 0 Å². The van der Waals surface area contributed by atoms with Crippen LogP contribution in [-0.4, -0.2) is 53.7 Å². The molecule has 1 aliphatic rings. The largest absolute Gasteiger partial charge is 0.380 e. The fourth-order valence-electron chi connectivity index (χ4n) is 4.51. The molecule has 2 aromatic rings. The highest BCUT2D eigenvalue weighted by molar-refractivity contribution is 7.12. The summed E-state index contributed by atoms with van der Waals surface area (Å²) in [7, 11) is 0. The van der Waals surface area contributed by atoms with Gasteiger partial charge in [-0.15, -0.1) is 22.7 Å². The van der Waals surface area contributed by atoms with Crippen molar-refractivity contribution in [2.45, 2.75) is 72.4 Å². The van der Waals surface area contributed by atoms with Crippen molar-refractivity contribution in [1.29, 1.82) is 0 Å². The van der Waals surface area contributed by atoms with Crippen LogP contribution in [0.15, 0.2) is 12.1 Å². The predicted octanol–water partition coefficient (Wildman–Crippen LogP) is 7.94. The van der Waals surface area contributed by atoms with E-state index in [1.165, 1.54) is 48.7 Å². The molecule has 0 saturated heterocycles. The Morgan fingerprint density at radius 1 is 0.629 bits per heavy atom. The zero-order chi connectivity index (χ0) is 26.3. The highest BCUT2D eigenvalue weighted by Gasteiger charge is 2.80. The van der Waals surface area contributed by atoms with E-state index in [2.05, 4.69) is 0 Å². The van der Waals surface area contributed by atoms with Gasteiger partial charge >= 0.3 is 17.8 Å². The zero-order valence-electron chi connectivity index (χ0n) is 20.9. The van der Waals surface area contributed by atoms with Crippen molar-refractivity contribution in [2.75, 3.05) is 26.2 Å². The number of alkyl halides is 6. The summed E-state index contributed by atoms with van der Waals surface area (Å²) in [5.41, 5.74) is -2.93. The lowest BCUT2D eigenvalue weighted by Gasteiger charge is -2.25. The Morgan fingerprint density at radius 2 is 0.943 bits per heavy atom. The smallest absolute Gasteiger partial charge is 0.299 e. The van der Waals surface area contributed by atoms with Gasteiger partial charge in [-0.2, -0.15) is 26.3 Å². The molecule has 35 heavy (non-hydrogen) atoms. The number of aryl methyl sites for hydroxylation is 2. The molecule has 0 bridgehead atoms. The van der Waals surface area contributed by atoms with Gasteiger partial charge in [0.15, 0.2) is 0 Å². The van der Waals surface area contributed by atoms with Crippen molar-refractivity contribution in [3.8, 4) is 0 Å². The summed E-state index contributed by atoms with van der Waals surface area (Å²) in [6.07, 6.45) is 0. The molecule has 3 rings (SSSR count). The van der Waals surface area contributed by atoms with Crippen LogP contribution in [0.5, 0.6) is 0 Å². The minimum atomic E-state index is -5.54. The molecule has 10 heteroatoms. The first-order valence-corrected chi connectivity index (χ1v) is 13.4. The Balaban J connectivity index is 2.23. The number of allylic oxidation sites excluding steroid dienone is 2. The molecule has 2 aromatic heterocycles. The molecule has 0 saturated carbocycles. The normalized spacial score (nSPS) is 18.9. The molecule has 0 aromatic carbocycles. The summed E-state index contributed by atoms with van der Waals surface area (Å²) < 4.78 is 90.5. The quantitative estimate of drug-likeness (QED) is 0.283. The number of halogens is 6. The summed E-state index contributed by atoms with van der Waals surface area (Å²) in [6, 6.07) is 2.77. The number of thiophene rings is 2. The van der Waals surface area contributed by atoms with Crippen LogP contribution in [0.3, 0.4) is 0 Å². The van der Waals surface area contributed by atoms with Crippen molar-refractivity contribution < 1.29 is 26.3 Å². The van der Waals surface area contributed by atoms with E-state index in [0.717, 1.165) is 0 Å². The first kappa shape index (κ1) is 28.2. The number of nitrogens with zero attached hydrogens (tertiary/aromatic N) is 2. The van der Waals surface area contributed by atoms with E-state index in [9.17, 15) is 8.78 Å². The van der Waals surface area contributed by atoms with E-state index in [-0.39, 0.29) is 11.1 Å². The van der Waals surface area contributed by atoms with Crippen molar-refractivity contribution in [2.24, 2.45) is 0 Å². The topological polar surface area (TPSA) is 6.48 Å². The van der Waals surface area contributed by atoms with Gasteiger partial charge in [-0.3, -0.25) is 9.80 Å². The lowest BCUT2D eigenvalue weighted by Crippen LogP contribution is -2.48. The molecule has 0 spiro atoms. The summed E-state index contributed by atoms with van der Waals surface area (Å²) >= 11 is 2.36. The first-order chi connectivity index (χ1) is 16.3. The standard InChI is InChI=1S/C25H32F6N2S2/c1-7-32(8-2)13-17-11-19(15(5)34-17)21-22(24(28,29)25(30,31)23(21,26)27)20-12-18(35-16(20)6)14-33(9-3)10-4/h11-12H,7-10,13-14H2,1-6H3. The molecule has 0 unspecified atom stereocenters.